The van der Waals surface area contributed by atoms with Gasteiger partial charge in [0.2, 0.25) is 0 Å². The maximum atomic E-state index is 13.0. The molecule has 0 amide bonds. The first-order valence-corrected chi connectivity index (χ1v) is 12.2. The van der Waals surface area contributed by atoms with Crippen LogP contribution in [0.5, 0.6) is 0 Å². The van der Waals surface area contributed by atoms with Gasteiger partial charge in [0.05, 0.1) is 16.9 Å². The van der Waals surface area contributed by atoms with Crippen LogP contribution < -0.4 is 10.5 Å². The Bertz CT molecular complexity index is 1470. The SMILES string of the molecule is CN(c1c(C#N)c(=O)n(C)c2ccc(C#N)nc12)C1CCC(/C(=N\OC(C)(C)C)c2ccncn2)CC1. The highest BCUT2D eigenvalue weighted by atomic mass is 16.6. The van der Waals surface area contributed by atoms with Gasteiger partial charge in [-0.3, -0.25) is 4.79 Å². The van der Waals surface area contributed by atoms with E-state index in [1.807, 2.05) is 38.8 Å². The second kappa shape index (κ2) is 10.4. The average molecular weight is 499 g/mol. The number of oxime groups is 1. The molecule has 0 unspecified atom stereocenters. The maximum Gasteiger partial charge on any atom is 0.270 e. The number of aromatic nitrogens is 4. The normalized spacial score (nSPS) is 18.2. The van der Waals surface area contributed by atoms with Gasteiger partial charge in [0.1, 0.15) is 46.6 Å². The van der Waals surface area contributed by atoms with Crippen molar-refractivity contribution in [2.24, 2.45) is 18.1 Å². The second-order valence-electron chi connectivity index (χ2n) is 10.3. The lowest BCUT2D eigenvalue weighted by molar-refractivity contribution is -0.0000723. The van der Waals surface area contributed by atoms with Gasteiger partial charge >= 0.3 is 0 Å². The predicted octanol–water partition coefficient (Wildman–Crippen LogP) is 3.68. The minimum absolute atomic E-state index is 0.0315. The molecule has 4 rings (SSSR count). The van der Waals surface area contributed by atoms with Crippen LogP contribution in [-0.2, 0) is 11.9 Å². The monoisotopic (exact) mass is 498 g/mol. The summed E-state index contributed by atoms with van der Waals surface area (Å²) in [4.78, 5) is 33.7. The molecule has 1 saturated carbocycles. The van der Waals surface area contributed by atoms with Crippen molar-refractivity contribution in [3.05, 3.63) is 58.0 Å². The smallest absolute Gasteiger partial charge is 0.270 e. The zero-order valence-electron chi connectivity index (χ0n) is 21.8. The number of rotatable bonds is 5. The standard InChI is InChI=1S/C27H30N8O2/c1-27(2,3)37-33-23(21-12-13-30-16-31-21)17-6-9-19(10-7-17)34(4)25-20(15-29)26(36)35(5)22-11-8-18(14-28)32-24(22)25/h8,11-13,16-17,19H,6-7,9-10H2,1-5H3/b33-23+. The quantitative estimate of drug-likeness (QED) is 0.384. The number of anilines is 1. The van der Waals surface area contributed by atoms with Crippen molar-refractivity contribution in [2.45, 2.75) is 58.1 Å². The van der Waals surface area contributed by atoms with Crippen LogP contribution in [0.3, 0.4) is 0 Å². The molecule has 3 aromatic rings. The number of aryl methyl sites for hydroxylation is 1. The molecule has 0 spiro atoms. The molecular weight excluding hydrogens is 468 g/mol. The van der Waals surface area contributed by atoms with E-state index >= 15 is 0 Å². The van der Waals surface area contributed by atoms with Crippen molar-refractivity contribution in [2.75, 3.05) is 11.9 Å². The van der Waals surface area contributed by atoms with E-state index in [4.69, 9.17) is 4.84 Å². The third-order valence-electron chi connectivity index (χ3n) is 6.69. The minimum Gasteiger partial charge on any atom is -0.390 e. The highest BCUT2D eigenvalue weighted by Gasteiger charge is 2.32. The highest BCUT2D eigenvalue weighted by Crippen LogP contribution is 2.35. The number of nitriles is 2. The number of hydrogen-bond acceptors (Lipinski definition) is 9. The Morgan fingerprint density at radius 2 is 1.89 bits per heavy atom. The number of hydrogen-bond donors (Lipinski definition) is 0. The third-order valence-corrected chi connectivity index (χ3v) is 6.69. The topological polar surface area (TPSA) is 133 Å². The minimum atomic E-state index is -0.431. The molecule has 0 aliphatic heterocycles. The van der Waals surface area contributed by atoms with Crippen LogP contribution in [0.1, 0.15) is 63.4 Å². The lowest BCUT2D eigenvalue weighted by atomic mass is 9.81. The van der Waals surface area contributed by atoms with E-state index in [9.17, 15) is 15.3 Å². The summed E-state index contributed by atoms with van der Waals surface area (Å²) in [6.07, 6.45) is 6.47. The van der Waals surface area contributed by atoms with Gasteiger partial charge in [-0.2, -0.15) is 10.5 Å². The lowest BCUT2D eigenvalue weighted by Gasteiger charge is -2.37. The highest BCUT2D eigenvalue weighted by molar-refractivity contribution is 6.00. The van der Waals surface area contributed by atoms with Gasteiger partial charge in [0.15, 0.2) is 0 Å². The molecule has 0 saturated heterocycles. The first-order valence-electron chi connectivity index (χ1n) is 12.2. The largest absolute Gasteiger partial charge is 0.390 e. The molecule has 3 heterocycles. The summed E-state index contributed by atoms with van der Waals surface area (Å²) in [6, 6.07) is 9.34. The molecule has 1 aliphatic rings. The maximum absolute atomic E-state index is 13.0. The van der Waals surface area contributed by atoms with E-state index in [0.29, 0.717) is 16.7 Å². The van der Waals surface area contributed by atoms with Crippen LogP contribution >= 0.6 is 0 Å². The Labute approximate surface area is 215 Å². The third kappa shape index (κ3) is 5.29. The molecule has 0 radical (unpaired) electrons. The van der Waals surface area contributed by atoms with Crippen molar-refractivity contribution in [3.63, 3.8) is 0 Å². The van der Waals surface area contributed by atoms with Crippen LogP contribution in [0.2, 0.25) is 0 Å². The van der Waals surface area contributed by atoms with Crippen molar-refractivity contribution < 1.29 is 4.84 Å². The van der Waals surface area contributed by atoms with Crippen molar-refractivity contribution >= 4 is 22.4 Å². The Balaban J connectivity index is 1.66. The zero-order chi connectivity index (χ0) is 26.7. The van der Waals surface area contributed by atoms with Crippen LogP contribution in [0.15, 0.2) is 40.7 Å². The lowest BCUT2D eigenvalue weighted by Crippen LogP contribution is -2.39. The molecule has 190 valence electrons. The fraction of sp³-hybridized carbons (Fsp3) is 0.444. The predicted molar refractivity (Wildman–Crippen MR) is 140 cm³/mol. The fourth-order valence-corrected chi connectivity index (χ4v) is 4.78. The molecule has 1 aliphatic carbocycles. The number of pyridine rings is 2. The van der Waals surface area contributed by atoms with E-state index in [0.717, 1.165) is 37.1 Å². The molecule has 10 nitrogen and oxygen atoms in total. The molecule has 0 bridgehead atoms. The van der Waals surface area contributed by atoms with Crippen molar-refractivity contribution in [3.8, 4) is 12.1 Å². The Morgan fingerprint density at radius 1 is 1.16 bits per heavy atom. The first kappa shape index (κ1) is 25.8. The van der Waals surface area contributed by atoms with Gasteiger partial charge in [-0.05, 0) is 64.7 Å². The van der Waals surface area contributed by atoms with E-state index in [1.165, 1.54) is 10.9 Å². The van der Waals surface area contributed by atoms with Crippen molar-refractivity contribution in [1.82, 2.24) is 19.5 Å². The molecule has 0 aromatic carbocycles. The van der Waals surface area contributed by atoms with Crippen LogP contribution in [0.4, 0.5) is 5.69 Å². The summed E-state index contributed by atoms with van der Waals surface area (Å²) >= 11 is 0. The summed E-state index contributed by atoms with van der Waals surface area (Å²) < 4.78 is 1.41. The number of fused-ring (bicyclic) bond motifs is 1. The van der Waals surface area contributed by atoms with Crippen LogP contribution in [0.25, 0.3) is 11.0 Å². The summed E-state index contributed by atoms with van der Waals surface area (Å²) in [5.74, 6) is 0.140. The Kier molecular flexibility index (Phi) is 7.21. The molecule has 0 atom stereocenters. The van der Waals surface area contributed by atoms with Crippen LogP contribution in [0, 0.1) is 28.6 Å². The molecule has 37 heavy (non-hydrogen) atoms. The second-order valence-corrected chi connectivity index (χ2v) is 10.3. The van der Waals surface area contributed by atoms with E-state index in [-0.39, 0.29) is 28.8 Å². The van der Waals surface area contributed by atoms with E-state index in [2.05, 4.69) is 32.2 Å². The van der Waals surface area contributed by atoms with Gasteiger partial charge < -0.3 is 14.3 Å². The molecule has 0 N–H and O–H groups in total. The molecule has 10 heteroatoms. The molecule has 3 aromatic heterocycles. The van der Waals surface area contributed by atoms with Gasteiger partial charge in [0, 0.05) is 32.3 Å². The fourth-order valence-electron chi connectivity index (χ4n) is 4.78. The van der Waals surface area contributed by atoms with Gasteiger partial charge in [0.25, 0.3) is 5.56 Å². The van der Waals surface area contributed by atoms with E-state index < -0.39 is 5.60 Å². The van der Waals surface area contributed by atoms with Crippen LogP contribution in [-0.4, -0.2) is 43.9 Å². The molecular formula is C27H30N8O2. The first-order chi connectivity index (χ1) is 17.6. The summed E-state index contributed by atoms with van der Waals surface area (Å²) in [6.45, 7) is 5.85. The Hall–Kier alpha value is -4.31. The summed E-state index contributed by atoms with van der Waals surface area (Å²) in [5, 5.41) is 23.8. The zero-order valence-corrected chi connectivity index (χ0v) is 21.8. The summed E-state index contributed by atoms with van der Waals surface area (Å²) in [5.41, 5.74) is 2.53. The van der Waals surface area contributed by atoms with Gasteiger partial charge in [-0.15, -0.1) is 0 Å². The molecule has 1 fully saturated rings. The van der Waals surface area contributed by atoms with Crippen molar-refractivity contribution in [1.29, 1.82) is 10.5 Å². The average Bonchev–Trinajstić information content (AvgIpc) is 2.90. The van der Waals surface area contributed by atoms with E-state index in [1.54, 1.807) is 25.4 Å². The van der Waals surface area contributed by atoms with Gasteiger partial charge in [-0.25, -0.2) is 15.0 Å². The summed E-state index contributed by atoms with van der Waals surface area (Å²) in [7, 11) is 3.50. The van der Waals surface area contributed by atoms with Gasteiger partial charge in [-0.1, -0.05) is 5.16 Å². The Morgan fingerprint density at radius 3 is 2.49 bits per heavy atom. The number of nitrogens with zero attached hydrogens (tertiary/aromatic N) is 8.